The van der Waals surface area contributed by atoms with E-state index in [-0.39, 0.29) is 99.6 Å². The van der Waals surface area contributed by atoms with Gasteiger partial charge in [0.25, 0.3) is 0 Å². The van der Waals surface area contributed by atoms with Gasteiger partial charge in [-0.15, -0.1) is 11.3 Å². The van der Waals surface area contributed by atoms with Crippen molar-refractivity contribution >= 4 is 62.9 Å². The van der Waals surface area contributed by atoms with E-state index >= 15 is 4.39 Å². The number of aryl methyl sites for hydroxylation is 1. The summed E-state index contributed by atoms with van der Waals surface area (Å²) in [5.41, 5.74) is 5.48. The predicted octanol–water partition coefficient (Wildman–Crippen LogP) is 10.5. The van der Waals surface area contributed by atoms with Gasteiger partial charge in [0.05, 0.1) is 67.2 Å². The van der Waals surface area contributed by atoms with E-state index in [9.17, 15) is 33.5 Å². The first-order valence-electron chi connectivity index (χ1n) is 28.0. The van der Waals surface area contributed by atoms with E-state index in [0.29, 0.717) is 64.2 Å². The number of pyridine rings is 1. The summed E-state index contributed by atoms with van der Waals surface area (Å²) < 4.78 is 64.5. The van der Waals surface area contributed by atoms with Crippen molar-refractivity contribution in [3.05, 3.63) is 149 Å². The first-order chi connectivity index (χ1) is 40.6. The van der Waals surface area contributed by atoms with Gasteiger partial charge in [-0.3, -0.25) is 29.0 Å². The molecule has 5 atom stereocenters. The van der Waals surface area contributed by atoms with Crippen molar-refractivity contribution in [3.63, 3.8) is 0 Å². The number of ketones is 2. The van der Waals surface area contributed by atoms with Gasteiger partial charge in [-0.25, -0.2) is 13.8 Å². The van der Waals surface area contributed by atoms with Crippen molar-refractivity contribution in [2.75, 3.05) is 57.4 Å². The van der Waals surface area contributed by atoms with Crippen molar-refractivity contribution in [3.8, 4) is 39.2 Å². The quantitative estimate of drug-likeness (QED) is 0.0293. The van der Waals surface area contributed by atoms with Crippen LogP contribution >= 0.6 is 11.3 Å². The molecular formula is C64H65F2N5O12S. The van der Waals surface area contributed by atoms with Gasteiger partial charge in [-0.2, -0.15) is 0 Å². The number of carbonyl (C=O) groups excluding carboxylic acids is 5. The van der Waals surface area contributed by atoms with Gasteiger partial charge in [0, 0.05) is 70.5 Å². The lowest BCUT2D eigenvalue weighted by molar-refractivity contribution is -0.136. The SMILES string of the molecule is COc1cc2c(Oc3ccc(NC(=O)C4(C(=O)Nc5ccc(F)cc5)CC4)cc3F)ccnc2cc1OCCOCCOCCOc1cc(-c2scnc2C)ccc1CNC(=O)[C@@H]1C[C@@H](O)CC1C(=O)[C@H](C(C)C)C1Cc2ccccc2C1=O. The Morgan fingerprint density at radius 2 is 1.44 bits per heavy atom. The zero-order valence-corrected chi connectivity index (χ0v) is 47.7. The summed E-state index contributed by atoms with van der Waals surface area (Å²) in [6.07, 6.45) is 2.09. The number of aliphatic hydroxyl groups excluding tert-OH is 1. The number of Topliss-reactive ketones (excluding diaryl/α,β-unsaturated/α-hetero) is 2. The molecule has 84 heavy (non-hydrogen) atoms. The van der Waals surface area contributed by atoms with E-state index in [2.05, 4.69) is 25.9 Å². The van der Waals surface area contributed by atoms with E-state index in [1.54, 1.807) is 23.7 Å². The van der Waals surface area contributed by atoms with Crippen molar-refractivity contribution in [2.24, 2.45) is 35.0 Å². The van der Waals surface area contributed by atoms with Crippen LogP contribution in [0.5, 0.6) is 28.7 Å². The average molecular weight is 1170 g/mol. The standard InChI is InChI=1S/C64H65F2N5O12S/c1-36(2)57(49-27-38-7-5-6-8-45(38)58(49)73)59(74)46-30-44(72)31-47(46)61(75)68-34-40-10-9-39(60-37(3)69-35-84-60)28-54(40)81-25-23-79-21-22-80-24-26-82-56-33-51-48(32-55(56)78-4)52(17-20-67-51)83-53-16-15-43(29-50(53)66)71-63(77)64(18-19-64)62(76)70-42-13-11-41(65)12-14-42/h5-17,20,28-29,32-33,35-36,44,46-47,49,57,72H,18-19,21-27,30-31,34H2,1-4H3,(H,68,75)(H,70,76)(H,71,77)/t44-,46?,47+,49?,57+/m0/s1. The third-order valence-corrected chi connectivity index (χ3v) is 16.7. The molecule has 20 heteroatoms. The third kappa shape index (κ3) is 13.3. The Morgan fingerprint density at radius 1 is 0.750 bits per heavy atom. The van der Waals surface area contributed by atoms with Gasteiger partial charge in [-0.1, -0.05) is 50.2 Å². The van der Waals surface area contributed by atoms with Crippen LogP contribution in [0.4, 0.5) is 20.2 Å². The highest BCUT2D eigenvalue weighted by molar-refractivity contribution is 7.13. The lowest BCUT2D eigenvalue weighted by Gasteiger charge is -2.29. The molecule has 17 nitrogen and oxygen atoms in total. The van der Waals surface area contributed by atoms with Gasteiger partial charge < -0.3 is 49.5 Å². The smallest absolute Gasteiger partial charge is 0.240 e. The van der Waals surface area contributed by atoms with Gasteiger partial charge in [0.1, 0.15) is 41.7 Å². The molecule has 2 unspecified atom stereocenters. The lowest BCUT2D eigenvalue weighted by atomic mass is 9.72. The van der Waals surface area contributed by atoms with Crippen LogP contribution < -0.4 is 34.9 Å². The Bertz CT molecular complexity index is 3570. The van der Waals surface area contributed by atoms with E-state index in [1.165, 1.54) is 61.0 Å². The monoisotopic (exact) mass is 1170 g/mol. The number of carbonyl (C=O) groups is 5. The van der Waals surface area contributed by atoms with Crippen LogP contribution in [-0.4, -0.2) is 97.2 Å². The molecule has 2 fully saturated rings. The second-order valence-corrected chi connectivity index (χ2v) is 22.5. The number of ether oxygens (including phenoxy) is 6. The van der Waals surface area contributed by atoms with E-state index in [0.717, 1.165) is 27.8 Å². The molecule has 438 valence electrons. The van der Waals surface area contributed by atoms with E-state index in [4.69, 9.17) is 28.4 Å². The Balaban J connectivity index is 0.679. The number of aromatic nitrogens is 2. The number of hydrogen-bond acceptors (Lipinski definition) is 15. The zero-order chi connectivity index (χ0) is 59.1. The van der Waals surface area contributed by atoms with Crippen LogP contribution in [0.25, 0.3) is 21.3 Å². The fourth-order valence-electron chi connectivity index (χ4n) is 11.2. The molecule has 3 aliphatic rings. The summed E-state index contributed by atoms with van der Waals surface area (Å²) >= 11 is 1.51. The molecule has 2 saturated carbocycles. The molecular weight excluding hydrogens is 1100 g/mol. The average Bonchev–Trinajstić information content (AvgIpc) is 2.43. The summed E-state index contributed by atoms with van der Waals surface area (Å²) in [6, 6.07) is 27.3. The van der Waals surface area contributed by atoms with Crippen molar-refractivity contribution < 1.29 is 66.3 Å². The molecule has 5 aromatic carbocycles. The van der Waals surface area contributed by atoms with Crippen LogP contribution in [0.2, 0.25) is 0 Å². The summed E-state index contributed by atoms with van der Waals surface area (Å²) in [5, 5.41) is 19.7. The summed E-state index contributed by atoms with van der Waals surface area (Å²) in [6.45, 7) is 7.26. The minimum Gasteiger partial charge on any atom is -0.493 e. The van der Waals surface area contributed by atoms with E-state index < -0.39 is 58.6 Å². The highest BCUT2D eigenvalue weighted by Gasteiger charge is 2.56. The van der Waals surface area contributed by atoms with Crippen molar-refractivity contribution in [1.82, 2.24) is 15.3 Å². The molecule has 7 aromatic rings. The Kier molecular flexibility index (Phi) is 18.4. The molecule has 0 bridgehead atoms. The van der Waals surface area contributed by atoms with Gasteiger partial charge in [-0.05, 0) is 111 Å². The maximum absolute atomic E-state index is 15.5. The highest BCUT2D eigenvalue weighted by atomic mass is 32.1. The Labute approximate surface area is 488 Å². The number of fused-ring (bicyclic) bond motifs is 2. The van der Waals surface area contributed by atoms with Crippen molar-refractivity contribution in [2.45, 2.75) is 65.5 Å². The first-order valence-corrected chi connectivity index (χ1v) is 28.9. The number of thiazole rings is 1. The predicted molar refractivity (Wildman–Crippen MR) is 310 cm³/mol. The molecule has 10 rings (SSSR count). The molecule has 0 spiro atoms. The zero-order valence-electron chi connectivity index (χ0n) is 46.9. The number of benzene rings is 5. The fraction of sp³-hybridized carbons (Fsp3) is 0.359. The number of amides is 3. The summed E-state index contributed by atoms with van der Waals surface area (Å²) in [4.78, 5) is 78.1. The second-order valence-electron chi connectivity index (χ2n) is 21.6. The van der Waals surface area contributed by atoms with Crippen LogP contribution in [0.15, 0.2) is 115 Å². The normalized spacial score (nSPS) is 18.0. The van der Waals surface area contributed by atoms with Crippen LogP contribution in [-0.2, 0) is 41.6 Å². The number of aliphatic hydroxyl groups is 1. The number of nitrogens with zero attached hydrogens (tertiary/aromatic N) is 2. The molecule has 2 heterocycles. The van der Waals surface area contributed by atoms with Gasteiger partial charge >= 0.3 is 0 Å². The summed E-state index contributed by atoms with van der Waals surface area (Å²) in [5.74, 6) is -4.13. The largest absolute Gasteiger partial charge is 0.493 e. The maximum atomic E-state index is 15.5. The summed E-state index contributed by atoms with van der Waals surface area (Å²) in [7, 11) is 1.48. The molecule has 0 aliphatic heterocycles. The Morgan fingerprint density at radius 3 is 2.12 bits per heavy atom. The molecule has 4 N–H and O–H groups in total. The lowest BCUT2D eigenvalue weighted by Crippen LogP contribution is -2.41. The number of hydrogen-bond donors (Lipinski definition) is 4. The van der Waals surface area contributed by atoms with Gasteiger partial charge in [0.15, 0.2) is 28.8 Å². The van der Waals surface area contributed by atoms with Crippen LogP contribution in [0.3, 0.4) is 0 Å². The number of nitrogens with one attached hydrogen (secondary N) is 3. The number of halogens is 2. The number of anilines is 2. The van der Waals surface area contributed by atoms with Crippen molar-refractivity contribution in [1.29, 1.82) is 0 Å². The minimum atomic E-state index is -1.33. The molecule has 3 amide bonds. The number of rotatable bonds is 26. The maximum Gasteiger partial charge on any atom is 0.240 e. The van der Waals surface area contributed by atoms with Crippen LogP contribution in [0, 0.1) is 53.6 Å². The fourth-order valence-corrected chi connectivity index (χ4v) is 12.0. The molecule has 0 saturated heterocycles. The van der Waals surface area contributed by atoms with Crippen LogP contribution in [0.1, 0.15) is 66.7 Å². The minimum absolute atomic E-state index is 0.0392. The third-order valence-electron chi connectivity index (χ3n) is 15.8. The first kappa shape index (κ1) is 59.0. The molecule has 2 aromatic heterocycles. The molecule has 3 aliphatic carbocycles. The second kappa shape index (κ2) is 26.2. The Hall–Kier alpha value is -8.17. The highest BCUT2D eigenvalue weighted by Crippen LogP contribution is 2.48. The van der Waals surface area contributed by atoms with E-state index in [1.807, 2.05) is 63.2 Å². The topological polar surface area (TPSA) is 223 Å². The van der Waals surface area contributed by atoms with Gasteiger partial charge in [0.2, 0.25) is 17.7 Å². The number of methoxy groups -OCH3 is 1. The molecule has 0 radical (unpaired) electrons.